The van der Waals surface area contributed by atoms with Gasteiger partial charge in [-0.1, -0.05) is 11.6 Å². The van der Waals surface area contributed by atoms with E-state index in [0.717, 1.165) is 6.07 Å². The van der Waals surface area contributed by atoms with Gasteiger partial charge in [0.2, 0.25) is 0 Å². The Morgan fingerprint density at radius 1 is 1.53 bits per heavy atom. The standard InChI is InChI=1S/C13H12ClFN2O2/c1-8-10(14)6-16-17(8)7-12(18)9-3-4-13(19-2)11(15)5-9/h3-6H,7H2,1-2H3. The molecule has 0 aliphatic carbocycles. The number of ether oxygens (including phenoxy) is 1. The highest BCUT2D eigenvalue weighted by molar-refractivity contribution is 6.31. The van der Waals surface area contributed by atoms with E-state index in [1.807, 2.05) is 0 Å². The zero-order valence-electron chi connectivity index (χ0n) is 10.5. The summed E-state index contributed by atoms with van der Waals surface area (Å²) in [6.07, 6.45) is 1.47. The van der Waals surface area contributed by atoms with E-state index in [4.69, 9.17) is 16.3 Å². The van der Waals surface area contributed by atoms with E-state index in [0.29, 0.717) is 10.7 Å². The van der Waals surface area contributed by atoms with E-state index in [1.54, 1.807) is 6.92 Å². The van der Waals surface area contributed by atoms with E-state index in [2.05, 4.69) is 5.10 Å². The van der Waals surface area contributed by atoms with Crippen molar-refractivity contribution in [2.45, 2.75) is 13.5 Å². The topological polar surface area (TPSA) is 44.1 Å². The van der Waals surface area contributed by atoms with Crippen LogP contribution in [0.4, 0.5) is 4.39 Å². The van der Waals surface area contributed by atoms with Crippen LogP contribution in [0.2, 0.25) is 5.02 Å². The summed E-state index contributed by atoms with van der Waals surface area (Å²) in [4.78, 5) is 12.0. The molecule has 2 rings (SSSR count). The molecule has 0 unspecified atom stereocenters. The Labute approximate surface area is 114 Å². The first-order chi connectivity index (χ1) is 9.02. The molecule has 1 aromatic carbocycles. The SMILES string of the molecule is COc1ccc(C(=O)Cn2ncc(Cl)c2C)cc1F. The van der Waals surface area contributed by atoms with Gasteiger partial charge in [-0.05, 0) is 25.1 Å². The molecule has 0 atom stereocenters. The van der Waals surface area contributed by atoms with Gasteiger partial charge in [0.25, 0.3) is 0 Å². The fourth-order valence-corrected chi connectivity index (χ4v) is 1.79. The highest BCUT2D eigenvalue weighted by atomic mass is 35.5. The summed E-state index contributed by atoms with van der Waals surface area (Å²) in [5.41, 5.74) is 0.966. The van der Waals surface area contributed by atoms with Crippen LogP contribution in [0.5, 0.6) is 5.75 Å². The minimum absolute atomic E-state index is 0.0182. The first kappa shape index (κ1) is 13.5. The Balaban J connectivity index is 2.21. The lowest BCUT2D eigenvalue weighted by atomic mass is 10.1. The smallest absolute Gasteiger partial charge is 0.184 e. The van der Waals surface area contributed by atoms with Gasteiger partial charge in [0.15, 0.2) is 17.3 Å². The lowest BCUT2D eigenvalue weighted by Gasteiger charge is -2.06. The molecule has 0 saturated heterocycles. The van der Waals surface area contributed by atoms with Gasteiger partial charge in [0.1, 0.15) is 6.54 Å². The van der Waals surface area contributed by atoms with Crippen molar-refractivity contribution in [2.24, 2.45) is 0 Å². The van der Waals surface area contributed by atoms with E-state index in [1.165, 1.54) is 30.1 Å². The summed E-state index contributed by atoms with van der Waals surface area (Å²) in [5, 5.41) is 4.48. The van der Waals surface area contributed by atoms with E-state index in [-0.39, 0.29) is 23.6 Å². The summed E-state index contributed by atoms with van der Waals surface area (Å²) in [5.74, 6) is -0.706. The zero-order chi connectivity index (χ0) is 14.0. The van der Waals surface area contributed by atoms with Crippen LogP contribution < -0.4 is 4.74 Å². The molecule has 19 heavy (non-hydrogen) atoms. The molecule has 0 amide bonds. The number of nitrogens with zero attached hydrogens (tertiary/aromatic N) is 2. The number of hydrogen-bond donors (Lipinski definition) is 0. The van der Waals surface area contributed by atoms with Crippen LogP contribution in [0.15, 0.2) is 24.4 Å². The number of Topliss-reactive ketones (excluding diaryl/α,β-unsaturated/α-hetero) is 1. The Bertz CT molecular complexity index is 625. The summed E-state index contributed by atoms with van der Waals surface area (Å²) < 4.78 is 19.8. The van der Waals surface area contributed by atoms with Crippen molar-refractivity contribution >= 4 is 17.4 Å². The number of halogens is 2. The molecule has 0 spiro atoms. The van der Waals surface area contributed by atoms with Crippen LogP contribution in [0.25, 0.3) is 0 Å². The van der Waals surface area contributed by atoms with Crippen LogP contribution in [0, 0.1) is 12.7 Å². The van der Waals surface area contributed by atoms with Gasteiger partial charge in [-0.3, -0.25) is 9.48 Å². The lowest BCUT2D eigenvalue weighted by Crippen LogP contribution is -2.13. The number of ketones is 1. The summed E-state index contributed by atoms with van der Waals surface area (Å²) in [6, 6.07) is 4.10. The number of carbonyl (C=O) groups excluding carboxylic acids is 1. The molecule has 0 aliphatic heterocycles. The van der Waals surface area contributed by atoms with Crippen LogP contribution in [0.3, 0.4) is 0 Å². The average molecular weight is 283 g/mol. The molecule has 0 bridgehead atoms. The minimum atomic E-state index is -0.566. The van der Waals surface area contributed by atoms with Crippen LogP contribution >= 0.6 is 11.6 Å². The molecule has 6 heteroatoms. The van der Waals surface area contributed by atoms with Gasteiger partial charge in [0, 0.05) is 5.56 Å². The van der Waals surface area contributed by atoms with Gasteiger partial charge in [-0.25, -0.2) is 4.39 Å². The van der Waals surface area contributed by atoms with E-state index in [9.17, 15) is 9.18 Å². The van der Waals surface area contributed by atoms with E-state index < -0.39 is 5.82 Å². The molecule has 0 N–H and O–H groups in total. The van der Waals surface area contributed by atoms with Gasteiger partial charge in [-0.15, -0.1) is 0 Å². The maximum Gasteiger partial charge on any atom is 0.184 e. The number of carbonyl (C=O) groups is 1. The molecule has 1 heterocycles. The summed E-state index contributed by atoms with van der Waals surface area (Å²) >= 11 is 5.85. The largest absolute Gasteiger partial charge is 0.494 e. The predicted octanol–water partition coefficient (Wildman–Crippen LogP) is 2.88. The minimum Gasteiger partial charge on any atom is -0.494 e. The van der Waals surface area contributed by atoms with Crippen molar-refractivity contribution in [3.05, 3.63) is 46.5 Å². The molecular weight excluding hydrogens is 271 g/mol. The van der Waals surface area contributed by atoms with Crippen molar-refractivity contribution in [1.29, 1.82) is 0 Å². The predicted molar refractivity (Wildman–Crippen MR) is 69.3 cm³/mol. The third kappa shape index (κ3) is 2.76. The van der Waals surface area contributed by atoms with Crippen molar-refractivity contribution < 1.29 is 13.9 Å². The van der Waals surface area contributed by atoms with Crippen LogP contribution in [0.1, 0.15) is 16.1 Å². The maximum atomic E-state index is 13.5. The fourth-order valence-electron chi connectivity index (χ4n) is 1.65. The summed E-state index contributed by atoms with van der Waals surface area (Å²) in [6.45, 7) is 1.78. The Morgan fingerprint density at radius 3 is 2.79 bits per heavy atom. The second kappa shape index (κ2) is 5.40. The molecule has 4 nitrogen and oxygen atoms in total. The maximum absolute atomic E-state index is 13.5. The second-order valence-corrected chi connectivity index (χ2v) is 4.42. The Morgan fingerprint density at radius 2 is 2.26 bits per heavy atom. The van der Waals surface area contributed by atoms with Crippen molar-refractivity contribution in [3.63, 3.8) is 0 Å². The molecule has 0 radical (unpaired) electrons. The fraction of sp³-hybridized carbons (Fsp3) is 0.231. The Hall–Kier alpha value is -1.88. The van der Waals surface area contributed by atoms with Gasteiger partial charge in [-0.2, -0.15) is 5.10 Å². The second-order valence-electron chi connectivity index (χ2n) is 4.01. The Kier molecular flexibility index (Phi) is 3.85. The third-order valence-corrected chi connectivity index (χ3v) is 3.18. The van der Waals surface area contributed by atoms with Crippen LogP contribution in [-0.4, -0.2) is 22.7 Å². The number of aromatic nitrogens is 2. The highest BCUT2D eigenvalue weighted by Gasteiger charge is 2.13. The molecule has 0 saturated carbocycles. The first-order valence-corrected chi connectivity index (χ1v) is 5.95. The van der Waals surface area contributed by atoms with Gasteiger partial charge < -0.3 is 4.74 Å². The molecule has 0 fully saturated rings. The summed E-state index contributed by atoms with van der Waals surface area (Å²) in [7, 11) is 1.37. The van der Waals surface area contributed by atoms with Crippen molar-refractivity contribution in [2.75, 3.05) is 7.11 Å². The quantitative estimate of drug-likeness (QED) is 0.810. The number of rotatable bonds is 4. The number of methoxy groups -OCH3 is 1. The molecule has 1 aromatic heterocycles. The zero-order valence-corrected chi connectivity index (χ0v) is 11.2. The molecule has 0 aliphatic rings. The van der Waals surface area contributed by atoms with E-state index >= 15 is 0 Å². The molecule has 100 valence electrons. The lowest BCUT2D eigenvalue weighted by molar-refractivity contribution is 0.0966. The highest BCUT2D eigenvalue weighted by Crippen LogP contribution is 2.19. The van der Waals surface area contributed by atoms with Crippen molar-refractivity contribution in [3.8, 4) is 5.75 Å². The third-order valence-electron chi connectivity index (χ3n) is 2.81. The number of hydrogen-bond acceptors (Lipinski definition) is 3. The molecular formula is C13H12ClFN2O2. The van der Waals surface area contributed by atoms with Gasteiger partial charge in [0.05, 0.1) is 24.0 Å². The monoisotopic (exact) mass is 282 g/mol. The normalized spacial score (nSPS) is 10.5. The average Bonchev–Trinajstić information content (AvgIpc) is 2.70. The van der Waals surface area contributed by atoms with Crippen molar-refractivity contribution in [1.82, 2.24) is 9.78 Å². The molecule has 2 aromatic rings. The number of benzene rings is 1. The van der Waals surface area contributed by atoms with Crippen LogP contribution in [-0.2, 0) is 6.54 Å². The first-order valence-electron chi connectivity index (χ1n) is 5.57. The van der Waals surface area contributed by atoms with Gasteiger partial charge >= 0.3 is 0 Å².